The minimum Gasteiger partial charge on any atom is -0.321 e. The van der Waals surface area contributed by atoms with Crippen molar-refractivity contribution in [2.45, 2.75) is 32.4 Å². The molecule has 1 aromatic heterocycles. The van der Waals surface area contributed by atoms with Gasteiger partial charge in [0.05, 0.1) is 6.54 Å². The summed E-state index contributed by atoms with van der Waals surface area (Å²) in [4.78, 5) is 37.1. The normalized spacial score (nSPS) is 16.1. The van der Waals surface area contributed by atoms with Crippen LogP contribution < -0.4 is 10.6 Å². The zero-order valence-corrected chi connectivity index (χ0v) is 15.4. The number of H-pyrrole nitrogens is 1. The van der Waals surface area contributed by atoms with E-state index in [9.17, 15) is 14.4 Å². The van der Waals surface area contributed by atoms with Crippen molar-refractivity contribution in [1.29, 1.82) is 0 Å². The van der Waals surface area contributed by atoms with E-state index in [-0.39, 0.29) is 49.5 Å². The second kappa shape index (κ2) is 7.89. The number of hydrogen-bond donors (Lipinski definition) is 3. The first-order valence-corrected chi connectivity index (χ1v) is 8.62. The minimum atomic E-state index is -0.260. The molecule has 1 fully saturated rings. The number of aromatic amines is 1. The summed E-state index contributed by atoms with van der Waals surface area (Å²) in [6, 6.07) is 7.12. The Morgan fingerprint density at radius 3 is 2.52 bits per heavy atom. The second-order valence-corrected chi connectivity index (χ2v) is 6.48. The lowest BCUT2D eigenvalue weighted by Gasteiger charge is -2.14. The zero-order chi connectivity index (χ0) is 18.1. The molecule has 2 aromatic rings. The Bertz CT molecular complexity index is 862. The molecule has 3 amide bonds. The molecule has 0 saturated carbocycles. The third-order valence-corrected chi connectivity index (χ3v) is 4.73. The lowest BCUT2D eigenvalue weighted by atomic mass is 10.1. The molecule has 0 radical (unpaired) electrons. The van der Waals surface area contributed by atoms with Crippen molar-refractivity contribution < 1.29 is 14.4 Å². The van der Waals surface area contributed by atoms with Crippen LogP contribution >= 0.6 is 12.4 Å². The van der Waals surface area contributed by atoms with Crippen molar-refractivity contribution in [2.24, 2.45) is 0 Å². The van der Waals surface area contributed by atoms with E-state index < -0.39 is 0 Å². The SMILES string of the molecule is Cl.O=C(Nc1ccc(CN2C(=O)CCC2=O)cc1)c1n[nH]c2c1CNCC2. The quantitative estimate of drug-likeness (QED) is 0.685. The van der Waals surface area contributed by atoms with Gasteiger partial charge in [0.15, 0.2) is 5.69 Å². The van der Waals surface area contributed by atoms with Gasteiger partial charge in [0.1, 0.15) is 0 Å². The average molecular weight is 390 g/mol. The van der Waals surface area contributed by atoms with E-state index in [2.05, 4.69) is 20.8 Å². The zero-order valence-electron chi connectivity index (χ0n) is 14.6. The van der Waals surface area contributed by atoms with Crippen LogP contribution in [0.25, 0.3) is 0 Å². The van der Waals surface area contributed by atoms with E-state index in [0.29, 0.717) is 17.9 Å². The molecule has 3 N–H and O–H groups in total. The van der Waals surface area contributed by atoms with Gasteiger partial charge in [-0.05, 0) is 17.7 Å². The summed E-state index contributed by atoms with van der Waals surface area (Å²) in [7, 11) is 0. The number of nitrogens with zero attached hydrogens (tertiary/aromatic N) is 2. The number of carbonyl (C=O) groups excluding carboxylic acids is 3. The van der Waals surface area contributed by atoms with Gasteiger partial charge in [-0.25, -0.2) is 0 Å². The molecule has 0 bridgehead atoms. The lowest BCUT2D eigenvalue weighted by molar-refractivity contribution is -0.139. The maximum Gasteiger partial charge on any atom is 0.276 e. The van der Waals surface area contributed by atoms with Gasteiger partial charge in [-0.1, -0.05) is 12.1 Å². The summed E-state index contributed by atoms with van der Waals surface area (Å²) in [5, 5.41) is 13.1. The van der Waals surface area contributed by atoms with Gasteiger partial charge in [0, 0.05) is 49.3 Å². The lowest BCUT2D eigenvalue weighted by Crippen LogP contribution is -2.28. The number of hydrogen-bond acceptors (Lipinski definition) is 5. The molecule has 0 atom stereocenters. The van der Waals surface area contributed by atoms with Gasteiger partial charge in [0.2, 0.25) is 11.8 Å². The second-order valence-electron chi connectivity index (χ2n) is 6.48. The molecule has 1 aromatic carbocycles. The first kappa shape index (κ1) is 19.1. The number of likely N-dealkylation sites (tertiary alicyclic amines) is 1. The van der Waals surface area contributed by atoms with E-state index in [4.69, 9.17) is 0 Å². The molecule has 4 rings (SSSR count). The maximum absolute atomic E-state index is 12.5. The molecule has 0 unspecified atom stereocenters. The number of fused-ring (bicyclic) bond motifs is 1. The number of rotatable bonds is 4. The summed E-state index contributed by atoms with van der Waals surface area (Å²) in [6.45, 7) is 1.77. The highest BCUT2D eigenvalue weighted by atomic mass is 35.5. The third-order valence-electron chi connectivity index (χ3n) is 4.73. The van der Waals surface area contributed by atoms with Crippen LogP contribution in [0.5, 0.6) is 0 Å². The fourth-order valence-corrected chi connectivity index (χ4v) is 3.28. The van der Waals surface area contributed by atoms with Crippen molar-refractivity contribution in [3.63, 3.8) is 0 Å². The van der Waals surface area contributed by atoms with Crippen LogP contribution in [0.2, 0.25) is 0 Å². The van der Waals surface area contributed by atoms with Crippen LogP contribution in [0.1, 0.15) is 40.2 Å². The topological polar surface area (TPSA) is 107 Å². The Kier molecular flexibility index (Phi) is 5.57. The Morgan fingerprint density at radius 1 is 1.11 bits per heavy atom. The van der Waals surface area contributed by atoms with E-state index in [1.54, 1.807) is 24.3 Å². The number of halogens is 1. The van der Waals surface area contributed by atoms with E-state index >= 15 is 0 Å². The molecule has 142 valence electrons. The average Bonchev–Trinajstić information content (AvgIpc) is 3.22. The molecule has 8 nitrogen and oxygen atoms in total. The Balaban J connectivity index is 0.00000210. The van der Waals surface area contributed by atoms with Gasteiger partial charge in [0.25, 0.3) is 5.91 Å². The number of benzene rings is 1. The van der Waals surface area contributed by atoms with E-state index in [1.807, 2.05) is 0 Å². The summed E-state index contributed by atoms with van der Waals surface area (Å²) in [6.07, 6.45) is 1.41. The summed E-state index contributed by atoms with van der Waals surface area (Å²) < 4.78 is 0. The maximum atomic E-state index is 12.5. The molecule has 1 saturated heterocycles. The Morgan fingerprint density at radius 2 is 1.81 bits per heavy atom. The highest BCUT2D eigenvalue weighted by molar-refractivity contribution is 6.04. The fourth-order valence-electron chi connectivity index (χ4n) is 3.28. The van der Waals surface area contributed by atoms with Crippen molar-refractivity contribution in [3.05, 3.63) is 46.8 Å². The first-order chi connectivity index (χ1) is 12.6. The molecule has 0 aliphatic carbocycles. The highest BCUT2D eigenvalue weighted by Crippen LogP contribution is 2.19. The van der Waals surface area contributed by atoms with Crippen LogP contribution in [0, 0.1) is 0 Å². The van der Waals surface area contributed by atoms with Crippen LogP contribution in [0.3, 0.4) is 0 Å². The molecule has 2 aliphatic rings. The standard InChI is InChI=1S/C18H19N5O3.ClH/c24-15-5-6-16(25)23(15)10-11-1-3-12(4-2-11)20-18(26)17-13-9-19-8-7-14(13)21-22-17;/h1-4,19H,5-10H2,(H,20,26)(H,21,22);1H. The predicted molar refractivity (Wildman–Crippen MR) is 100 cm³/mol. The van der Waals surface area contributed by atoms with Gasteiger partial charge < -0.3 is 10.6 Å². The Labute approximate surface area is 162 Å². The summed E-state index contributed by atoms with van der Waals surface area (Å²) in [5.41, 5.74) is 3.80. The van der Waals surface area contributed by atoms with Crippen LogP contribution in [-0.4, -0.2) is 39.4 Å². The van der Waals surface area contributed by atoms with Crippen molar-refractivity contribution in [3.8, 4) is 0 Å². The number of imide groups is 1. The molecule has 9 heteroatoms. The van der Waals surface area contributed by atoms with E-state index in [0.717, 1.165) is 29.8 Å². The molecular weight excluding hydrogens is 370 g/mol. The minimum absolute atomic E-state index is 0. The highest BCUT2D eigenvalue weighted by Gasteiger charge is 2.28. The first-order valence-electron chi connectivity index (χ1n) is 8.62. The molecule has 2 aliphatic heterocycles. The number of anilines is 1. The molecule has 0 spiro atoms. The number of nitrogens with one attached hydrogen (secondary N) is 3. The van der Waals surface area contributed by atoms with Gasteiger partial charge in [-0.3, -0.25) is 24.4 Å². The smallest absolute Gasteiger partial charge is 0.276 e. The van der Waals surface area contributed by atoms with Gasteiger partial charge in [-0.2, -0.15) is 5.10 Å². The Hall–Kier alpha value is -2.71. The van der Waals surface area contributed by atoms with Crippen LogP contribution in [0.15, 0.2) is 24.3 Å². The molecule has 3 heterocycles. The largest absolute Gasteiger partial charge is 0.321 e. The predicted octanol–water partition coefficient (Wildman–Crippen LogP) is 1.38. The third kappa shape index (κ3) is 3.86. The van der Waals surface area contributed by atoms with Crippen molar-refractivity contribution in [2.75, 3.05) is 11.9 Å². The monoisotopic (exact) mass is 389 g/mol. The number of carbonyl (C=O) groups is 3. The van der Waals surface area contributed by atoms with Gasteiger partial charge in [-0.15, -0.1) is 12.4 Å². The fraction of sp³-hybridized carbons (Fsp3) is 0.333. The van der Waals surface area contributed by atoms with E-state index in [1.165, 1.54) is 4.90 Å². The molecule has 27 heavy (non-hydrogen) atoms. The summed E-state index contributed by atoms with van der Waals surface area (Å²) >= 11 is 0. The number of aromatic nitrogens is 2. The van der Waals surface area contributed by atoms with Crippen LogP contribution in [-0.2, 0) is 29.1 Å². The van der Waals surface area contributed by atoms with Crippen LogP contribution in [0.4, 0.5) is 5.69 Å². The van der Waals surface area contributed by atoms with Crippen molar-refractivity contribution in [1.82, 2.24) is 20.4 Å². The number of amides is 3. The summed E-state index contributed by atoms with van der Waals surface area (Å²) in [5.74, 6) is -0.530. The van der Waals surface area contributed by atoms with Gasteiger partial charge >= 0.3 is 0 Å². The molecular formula is C18H20ClN5O3. The van der Waals surface area contributed by atoms with Crippen molar-refractivity contribution >= 4 is 35.8 Å².